The van der Waals surface area contributed by atoms with Crippen molar-refractivity contribution in [1.29, 1.82) is 0 Å². The van der Waals surface area contributed by atoms with Gasteiger partial charge in [-0.25, -0.2) is 0 Å². The van der Waals surface area contributed by atoms with E-state index < -0.39 is 10.1 Å². The van der Waals surface area contributed by atoms with Gasteiger partial charge >= 0.3 is 0 Å². The molecular formula is C11H19NO3S. The second-order valence-corrected chi connectivity index (χ2v) is 5.42. The minimum Gasteiger partial charge on any atom is -0.286 e. The minimum absolute atomic E-state index is 0.106. The fourth-order valence-electron chi connectivity index (χ4n) is 0.987. The van der Waals surface area contributed by atoms with Crippen LogP contribution in [0.1, 0.15) is 26.7 Å². The number of pyridine rings is 1. The van der Waals surface area contributed by atoms with E-state index in [2.05, 4.69) is 4.98 Å². The van der Waals surface area contributed by atoms with E-state index in [0.29, 0.717) is 12.3 Å². The lowest BCUT2D eigenvalue weighted by Gasteiger charge is -2.00. The van der Waals surface area contributed by atoms with Crippen LogP contribution in [0.25, 0.3) is 0 Å². The zero-order chi connectivity index (χ0) is 12.4. The van der Waals surface area contributed by atoms with Gasteiger partial charge in [0.05, 0.1) is 5.75 Å². The molecule has 1 aromatic heterocycles. The summed E-state index contributed by atoms with van der Waals surface area (Å²) in [6.45, 7) is 4.04. The molecule has 0 aliphatic carbocycles. The van der Waals surface area contributed by atoms with Crippen molar-refractivity contribution in [2.45, 2.75) is 26.7 Å². The fourth-order valence-corrected chi connectivity index (χ4v) is 1.52. The molecule has 0 atom stereocenters. The van der Waals surface area contributed by atoms with Gasteiger partial charge in [0.1, 0.15) is 0 Å². The van der Waals surface area contributed by atoms with Crippen molar-refractivity contribution in [3.05, 3.63) is 30.6 Å². The number of rotatable bonds is 4. The molecule has 1 rings (SSSR count). The number of hydrogen-bond donors (Lipinski definition) is 1. The van der Waals surface area contributed by atoms with E-state index in [1.54, 1.807) is 12.4 Å². The summed E-state index contributed by atoms with van der Waals surface area (Å²) in [5.74, 6) is 0.396. The van der Waals surface area contributed by atoms with Crippen LogP contribution in [-0.4, -0.2) is 23.7 Å². The predicted octanol–water partition coefficient (Wildman–Crippen LogP) is 2.39. The third-order valence-corrected chi connectivity index (χ3v) is 2.55. The Hall–Kier alpha value is -0.940. The largest absolute Gasteiger partial charge is 0.286 e. The lowest BCUT2D eigenvalue weighted by atomic mass is 10.1. The molecular weight excluding hydrogens is 226 g/mol. The molecule has 0 amide bonds. The molecule has 0 aromatic carbocycles. The van der Waals surface area contributed by atoms with Gasteiger partial charge < -0.3 is 0 Å². The zero-order valence-corrected chi connectivity index (χ0v) is 10.5. The Morgan fingerprint density at radius 1 is 1.19 bits per heavy atom. The lowest BCUT2D eigenvalue weighted by molar-refractivity contribution is 0.475. The molecule has 1 N–H and O–H groups in total. The number of nitrogens with zero attached hydrogens (tertiary/aromatic N) is 1. The number of hydrogen-bond acceptors (Lipinski definition) is 3. The molecule has 1 aromatic rings. The Balaban J connectivity index is 0.000000315. The smallest absolute Gasteiger partial charge is 0.264 e. The van der Waals surface area contributed by atoms with Crippen LogP contribution in [0, 0.1) is 5.92 Å². The monoisotopic (exact) mass is 245 g/mol. The molecule has 0 aliphatic heterocycles. The third kappa shape index (κ3) is 13.1. The first-order valence-electron chi connectivity index (χ1n) is 5.22. The second kappa shape index (κ2) is 8.24. The zero-order valence-electron chi connectivity index (χ0n) is 9.70. The summed E-state index contributed by atoms with van der Waals surface area (Å²) in [7, 11) is -3.72. The van der Waals surface area contributed by atoms with E-state index in [-0.39, 0.29) is 5.75 Å². The highest BCUT2D eigenvalue weighted by molar-refractivity contribution is 7.85. The Kier molecular flexibility index (Phi) is 7.76. The van der Waals surface area contributed by atoms with Gasteiger partial charge in [0, 0.05) is 12.4 Å². The average molecular weight is 245 g/mol. The highest BCUT2D eigenvalue weighted by Gasteiger charge is 2.03. The van der Waals surface area contributed by atoms with E-state index in [1.807, 2.05) is 32.0 Å². The van der Waals surface area contributed by atoms with Crippen LogP contribution in [0.15, 0.2) is 30.6 Å². The van der Waals surface area contributed by atoms with Gasteiger partial charge in [0.2, 0.25) is 0 Å². The molecule has 0 fully saturated rings. The molecule has 92 valence electrons. The van der Waals surface area contributed by atoms with Crippen LogP contribution in [-0.2, 0) is 10.1 Å². The van der Waals surface area contributed by atoms with Crippen molar-refractivity contribution in [2.75, 3.05) is 5.75 Å². The SMILES string of the molecule is CC(C)CCCS(=O)(=O)O.c1ccncc1. The van der Waals surface area contributed by atoms with Crippen LogP contribution < -0.4 is 0 Å². The highest BCUT2D eigenvalue weighted by atomic mass is 32.2. The molecule has 0 saturated heterocycles. The summed E-state index contributed by atoms with van der Waals surface area (Å²) < 4.78 is 28.6. The van der Waals surface area contributed by atoms with E-state index in [9.17, 15) is 8.42 Å². The molecule has 0 spiro atoms. The van der Waals surface area contributed by atoms with Gasteiger partial charge in [-0.1, -0.05) is 19.9 Å². The molecule has 0 bridgehead atoms. The fraction of sp³-hybridized carbons (Fsp3) is 0.545. The van der Waals surface area contributed by atoms with Gasteiger partial charge in [-0.3, -0.25) is 9.54 Å². The maximum Gasteiger partial charge on any atom is 0.264 e. The summed E-state index contributed by atoms with van der Waals surface area (Å²) >= 11 is 0. The van der Waals surface area contributed by atoms with Crippen LogP contribution in [0.4, 0.5) is 0 Å². The molecule has 5 heteroatoms. The van der Waals surface area contributed by atoms with Crippen LogP contribution in [0.2, 0.25) is 0 Å². The highest BCUT2D eigenvalue weighted by Crippen LogP contribution is 2.04. The molecule has 0 radical (unpaired) electrons. The number of aromatic nitrogens is 1. The summed E-state index contributed by atoms with van der Waals surface area (Å²) in [6, 6.07) is 5.72. The van der Waals surface area contributed by atoms with Gasteiger partial charge in [0.25, 0.3) is 10.1 Å². The van der Waals surface area contributed by atoms with E-state index in [4.69, 9.17) is 4.55 Å². The van der Waals surface area contributed by atoms with Crippen LogP contribution in [0.5, 0.6) is 0 Å². The van der Waals surface area contributed by atoms with E-state index in [1.165, 1.54) is 0 Å². The first kappa shape index (κ1) is 15.1. The quantitative estimate of drug-likeness (QED) is 0.827. The summed E-state index contributed by atoms with van der Waals surface area (Å²) in [6.07, 6.45) is 4.90. The van der Waals surface area contributed by atoms with Crippen molar-refractivity contribution in [3.8, 4) is 0 Å². The van der Waals surface area contributed by atoms with Crippen LogP contribution >= 0.6 is 0 Å². The van der Waals surface area contributed by atoms with E-state index in [0.717, 1.165) is 6.42 Å². The van der Waals surface area contributed by atoms with E-state index >= 15 is 0 Å². The Bertz CT molecular complexity index is 322. The normalized spacial score (nSPS) is 10.8. The van der Waals surface area contributed by atoms with Crippen molar-refractivity contribution < 1.29 is 13.0 Å². The van der Waals surface area contributed by atoms with Gasteiger partial charge in [0.15, 0.2) is 0 Å². The Morgan fingerprint density at radius 3 is 2.00 bits per heavy atom. The average Bonchev–Trinajstić information content (AvgIpc) is 2.18. The maximum atomic E-state index is 10.2. The first-order chi connectivity index (χ1) is 7.42. The first-order valence-corrected chi connectivity index (χ1v) is 6.83. The molecule has 4 nitrogen and oxygen atoms in total. The summed E-state index contributed by atoms with van der Waals surface area (Å²) in [5.41, 5.74) is 0. The van der Waals surface area contributed by atoms with Crippen molar-refractivity contribution >= 4 is 10.1 Å². The summed E-state index contributed by atoms with van der Waals surface area (Å²) in [4.78, 5) is 3.78. The lowest BCUT2D eigenvalue weighted by Crippen LogP contribution is -2.04. The van der Waals surface area contributed by atoms with Gasteiger partial charge in [-0.15, -0.1) is 0 Å². The topological polar surface area (TPSA) is 67.3 Å². The van der Waals surface area contributed by atoms with Gasteiger partial charge in [-0.05, 0) is 30.9 Å². The van der Waals surface area contributed by atoms with Crippen molar-refractivity contribution in [3.63, 3.8) is 0 Å². The second-order valence-electron chi connectivity index (χ2n) is 3.85. The Labute approximate surface area is 97.5 Å². The molecule has 16 heavy (non-hydrogen) atoms. The molecule has 0 saturated carbocycles. The maximum absolute atomic E-state index is 10.2. The third-order valence-electron chi connectivity index (χ3n) is 1.75. The molecule has 0 unspecified atom stereocenters. The molecule has 0 aliphatic rings. The summed E-state index contributed by atoms with van der Waals surface area (Å²) in [5, 5.41) is 0. The van der Waals surface area contributed by atoms with Crippen LogP contribution in [0.3, 0.4) is 0 Å². The minimum atomic E-state index is -3.72. The van der Waals surface area contributed by atoms with Crippen molar-refractivity contribution in [1.82, 2.24) is 4.98 Å². The van der Waals surface area contributed by atoms with Crippen molar-refractivity contribution in [2.24, 2.45) is 5.92 Å². The Morgan fingerprint density at radius 2 is 1.75 bits per heavy atom. The predicted molar refractivity (Wildman–Crippen MR) is 64.7 cm³/mol. The standard InChI is InChI=1S/C6H14O3S.C5H5N/c1-6(2)4-3-5-10(7,8)9;1-2-4-6-5-3-1/h6H,3-5H2,1-2H3,(H,7,8,9);1-5H. The van der Waals surface area contributed by atoms with Gasteiger partial charge in [-0.2, -0.15) is 8.42 Å². The molecule has 1 heterocycles.